The number of aliphatic hydroxyl groups excluding tert-OH is 1. The molecule has 0 spiro atoms. The Bertz CT molecular complexity index is 537. The summed E-state index contributed by atoms with van der Waals surface area (Å²) in [6, 6.07) is 4.51. The molecule has 106 valence electrons. The monoisotopic (exact) mass is 284 g/mol. The highest BCUT2D eigenvalue weighted by molar-refractivity contribution is 7.89. The van der Waals surface area contributed by atoms with Crippen LogP contribution in [0.2, 0.25) is 0 Å². The number of benzene rings is 1. The van der Waals surface area contributed by atoms with Crippen LogP contribution in [0.1, 0.15) is 24.8 Å². The third-order valence-electron chi connectivity index (χ3n) is 3.46. The summed E-state index contributed by atoms with van der Waals surface area (Å²) in [4.78, 5) is 0.213. The molecule has 0 radical (unpaired) electrons. The van der Waals surface area contributed by atoms with Gasteiger partial charge in [-0.3, -0.25) is 0 Å². The number of nitrogen functional groups attached to an aromatic ring is 1. The van der Waals surface area contributed by atoms with Crippen molar-refractivity contribution < 1.29 is 13.5 Å². The third-order valence-corrected chi connectivity index (χ3v) is 5.39. The van der Waals surface area contributed by atoms with E-state index in [1.54, 1.807) is 12.1 Å². The van der Waals surface area contributed by atoms with E-state index in [1.165, 1.54) is 10.4 Å². The van der Waals surface area contributed by atoms with Gasteiger partial charge in [-0.1, -0.05) is 6.42 Å². The lowest BCUT2D eigenvalue weighted by Gasteiger charge is -2.33. The summed E-state index contributed by atoms with van der Waals surface area (Å²) in [5, 5.41) is 9.35. The van der Waals surface area contributed by atoms with Gasteiger partial charge in [0.15, 0.2) is 0 Å². The van der Waals surface area contributed by atoms with Gasteiger partial charge in [0.05, 0.1) is 11.5 Å². The molecular weight excluding hydrogens is 264 g/mol. The highest BCUT2D eigenvalue weighted by Crippen LogP contribution is 2.26. The van der Waals surface area contributed by atoms with Crippen molar-refractivity contribution in [2.24, 2.45) is 0 Å². The van der Waals surface area contributed by atoms with E-state index in [0.717, 1.165) is 18.4 Å². The molecule has 1 aliphatic heterocycles. The maximum absolute atomic E-state index is 12.6. The molecule has 5 nitrogen and oxygen atoms in total. The zero-order valence-electron chi connectivity index (χ0n) is 11.0. The Hall–Kier alpha value is -1.11. The van der Waals surface area contributed by atoms with Crippen LogP contribution in [0, 0.1) is 6.92 Å². The van der Waals surface area contributed by atoms with E-state index >= 15 is 0 Å². The van der Waals surface area contributed by atoms with Crippen LogP contribution in [0.3, 0.4) is 0 Å². The average Bonchev–Trinajstić information content (AvgIpc) is 2.37. The van der Waals surface area contributed by atoms with Crippen LogP contribution in [0.4, 0.5) is 5.69 Å². The Morgan fingerprint density at radius 2 is 2.11 bits per heavy atom. The van der Waals surface area contributed by atoms with E-state index in [-0.39, 0.29) is 17.5 Å². The molecule has 2 rings (SSSR count). The summed E-state index contributed by atoms with van der Waals surface area (Å²) in [6.07, 6.45) is 2.49. The first kappa shape index (κ1) is 14.3. The predicted molar refractivity (Wildman–Crippen MR) is 74.2 cm³/mol. The first-order chi connectivity index (χ1) is 8.95. The maximum Gasteiger partial charge on any atom is 0.243 e. The number of anilines is 1. The van der Waals surface area contributed by atoms with E-state index in [0.29, 0.717) is 18.7 Å². The molecule has 1 aromatic carbocycles. The van der Waals surface area contributed by atoms with E-state index in [2.05, 4.69) is 0 Å². The van der Waals surface area contributed by atoms with Crippen molar-refractivity contribution in [2.45, 2.75) is 37.1 Å². The van der Waals surface area contributed by atoms with Crippen LogP contribution < -0.4 is 5.73 Å². The molecule has 1 atom stereocenters. The smallest absolute Gasteiger partial charge is 0.243 e. The number of hydrogen-bond donors (Lipinski definition) is 2. The molecule has 0 bridgehead atoms. The van der Waals surface area contributed by atoms with Crippen molar-refractivity contribution in [3.8, 4) is 0 Å². The van der Waals surface area contributed by atoms with Crippen LogP contribution in [0.15, 0.2) is 23.1 Å². The van der Waals surface area contributed by atoms with Gasteiger partial charge in [0.2, 0.25) is 10.0 Å². The second kappa shape index (κ2) is 5.48. The van der Waals surface area contributed by atoms with E-state index < -0.39 is 10.0 Å². The molecule has 1 unspecified atom stereocenters. The second-order valence-electron chi connectivity index (χ2n) is 5.03. The topological polar surface area (TPSA) is 83.6 Å². The Kier molecular flexibility index (Phi) is 4.13. The molecule has 1 aromatic rings. The Morgan fingerprint density at radius 1 is 1.37 bits per heavy atom. The highest BCUT2D eigenvalue weighted by atomic mass is 32.2. The summed E-state index contributed by atoms with van der Waals surface area (Å²) in [5.41, 5.74) is 6.98. The molecule has 1 heterocycles. The number of aliphatic hydroxyl groups is 1. The summed E-state index contributed by atoms with van der Waals surface area (Å²) >= 11 is 0. The number of nitrogens with zero attached hydrogens (tertiary/aromatic N) is 1. The normalized spacial score (nSPS) is 21.5. The van der Waals surface area contributed by atoms with Gasteiger partial charge in [0.25, 0.3) is 0 Å². The molecule has 1 saturated heterocycles. The van der Waals surface area contributed by atoms with Crippen molar-refractivity contribution in [1.29, 1.82) is 0 Å². The minimum absolute atomic E-state index is 0.138. The van der Waals surface area contributed by atoms with E-state index in [1.807, 2.05) is 6.92 Å². The highest BCUT2D eigenvalue weighted by Gasteiger charge is 2.33. The van der Waals surface area contributed by atoms with Gasteiger partial charge in [-0.15, -0.1) is 0 Å². The minimum atomic E-state index is -3.57. The standard InChI is InChI=1S/C13H20N2O3S/c1-10-6-11(14)8-13(7-10)19(17,18)15-5-3-2-4-12(15)9-16/h6-8,12,16H,2-5,9,14H2,1H3. The number of aryl methyl sites for hydroxylation is 1. The third kappa shape index (κ3) is 2.91. The van der Waals surface area contributed by atoms with Crippen molar-refractivity contribution in [3.63, 3.8) is 0 Å². The van der Waals surface area contributed by atoms with Crippen molar-refractivity contribution >= 4 is 15.7 Å². The lowest BCUT2D eigenvalue weighted by atomic mass is 10.1. The summed E-state index contributed by atoms with van der Waals surface area (Å²) in [7, 11) is -3.57. The summed E-state index contributed by atoms with van der Waals surface area (Å²) < 4.78 is 26.6. The molecule has 1 aliphatic rings. The molecule has 6 heteroatoms. The Morgan fingerprint density at radius 3 is 2.74 bits per heavy atom. The first-order valence-corrected chi connectivity index (χ1v) is 7.89. The van der Waals surface area contributed by atoms with Gasteiger partial charge < -0.3 is 10.8 Å². The van der Waals surface area contributed by atoms with Gasteiger partial charge >= 0.3 is 0 Å². The number of hydrogen-bond acceptors (Lipinski definition) is 4. The molecule has 19 heavy (non-hydrogen) atoms. The largest absolute Gasteiger partial charge is 0.399 e. The molecular formula is C13H20N2O3S. The lowest BCUT2D eigenvalue weighted by Crippen LogP contribution is -2.45. The SMILES string of the molecule is Cc1cc(N)cc(S(=O)(=O)N2CCCCC2CO)c1. The molecule has 0 aliphatic carbocycles. The zero-order valence-corrected chi connectivity index (χ0v) is 11.9. The number of sulfonamides is 1. The first-order valence-electron chi connectivity index (χ1n) is 6.45. The fraction of sp³-hybridized carbons (Fsp3) is 0.538. The van der Waals surface area contributed by atoms with Gasteiger partial charge in [-0.2, -0.15) is 4.31 Å². The Balaban J connectivity index is 2.40. The lowest BCUT2D eigenvalue weighted by molar-refractivity contribution is 0.155. The van der Waals surface area contributed by atoms with Gasteiger partial charge in [0.1, 0.15) is 0 Å². The van der Waals surface area contributed by atoms with E-state index in [9.17, 15) is 13.5 Å². The quantitative estimate of drug-likeness (QED) is 0.815. The number of nitrogens with two attached hydrogens (primary N) is 1. The van der Waals surface area contributed by atoms with E-state index in [4.69, 9.17) is 5.73 Å². The fourth-order valence-electron chi connectivity index (χ4n) is 2.53. The number of rotatable bonds is 3. The van der Waals surface area contributed by atoms with Gasteiger partial charge in [-0.05, 0) is 43.5 Å². The predicted octanol–water partition coefficient (Wildman–Crippen LogP) is 1.11. The minimum Gasteiger partial charge on any atom is -0.399 e. The van der Waals surface area contributed by atoms with Crippen molar-refractivity contribution in [2.75, 3.05) is 18.9 Å². The zero-order chi connectivity index (χ0) is 14.0. The summed E-state index contributed by atoms with van der Waals surface area (Å²) in [5.74, 6) is 0. The summed E-state index contributed by atoms with van der Waals surface area (Å²) in [6.45, 7) is 2.14. The average molecular weight is 284 g/mol. The van der Waals surface area contributed by atoms with Crippen molar-refractivity contribution in [3.05, 3.63) is 23.8 Å². The second-order valence-corrected chi connectivity index (χ2v) is 6.92. The Labute approximate surface area is 114 Å². The molecule has 0 saturated carbocycles. The fourth-order valence-corrected chi connectivity index (χ4v) is 4.36. The van der Waals surface area contributed by atoms with Gasteiger partial charge in [-0.25, -0.2) is 8.42 Å². The number of piperidine rings is 1. The van der Waals surface area contributed by atoms with Crippen LogP contribution in [0.5, 0.6) is 0 Å². The molecule has 0 amide bonds. The van der Waals surface area contributed by atoms with Crippen LogP contribution in [0.25, 0.3) is 0 Å². The van der Waals surface area contributed by atoms with Crippen LogP contribution >= 0.6 is 0 Å². The van der Waals surface area contributed by atoms with Crippen LogP contribution in [-0.2, 0) is 10.0 Å². The maximum atomic E-state index is 12.6. The van der Waals surface area contributed by atoms with Crippen molar-refractivity contribution in [1.82, 2.24) is 4.31 Å². The molecule has 3 N–H and O–H groups in total. The van der Waals surface area contributed by atoms with Crippen LogP contribution in [-0.4, -0.2) is 37.0 Å². The molecule has 1 fully saturated rings. The molecule has 0 aromatic heterocycles. The van der Waals surface area contributed by atoms with Gasteiger partial charge in [0, 0.05) is 18.3 Å².